The number of hydrogen-bond acceptors (Lipinski definition) is 4. The van der Waals surface area contributed by atoms with Gasteiger partial charge in [-0.1, -0.05) is 0 Å². The second-order valence-corrected chi connectivity index (χ2v) is 4.45. The van der Waals surface area contributed by atoms with Crippen LogP contribution in [0.15, 0.2) is 18.3 Å². The van der Waals surface area contributed by atoms with E-state index in [1.54, 1.807) is 11.6 Å². The van der Waals surface area contributed by atoms with Gasteiger partial charge in [0, 0.05) is 6.20 Å². The zero-order valence-electron chi connectivity index (χ0n) is 10.1. The van der Waals surface area contributed by atoms with Gasteiger partial charge >= 0.3 is 0 Å². The number of likely N-dealkylation sites (tertiary alicyclic amines) is 1. The van der Waals surface area contributed by atoms with Crippen LogP contribution in [-0.4, -0.2) is 40.2 Å². The number of pyridine rings is 1. The maximum Gasteiger partial charge on any atom is 0.198 e. The molecule has 3 heterocycles. The second kappa shape index (κ2) is 4.00. The van der Waals surface area contributed by atoms with Gasteiger partial charge in [-0.25, -0.2) is 9.50 Å². The van der Waals surface area contributed by atoms with Crippen molar-refractivity contribution >= 4 is 5.65 Å². The number of rotatable bonds is 2. The molecule has 1 fully saturated rings. The maximum atomic E-state index is 5.29. The third-order valence-corrected chi connectivity index (χ3v) is 3.38. The minimum Gasteiger partial charge on any atom is -0.493 e. The standard InChI is InChI=1S/C12H16N4O/c1-15-7-3-5-9(15)11-13-12-10(17-2)6-4-8-16(12)14-11/h4,6,8-9H,3,5,7H2,1-2H3. The first-order valence-electron chi connectivity index (χ1n) is 5.89. The van der Waals surface area contributed by atoms with Crippen molar-refractivity contribution in [2.75, 3.05) is 20.7 Å². The van der Waals surface area contributed by atoms with E-state index in [1.807, 2.05) is 18.3 Å². The molecule has 0 aromatic carbocycles. The Morgan fingerprint density at radius 2 is 2.35 bits per heavy atom. The Morgan fingerprint density at radius 1 is 1.47 bits per heavy atom. The Balaban J connectivity index is 2.07. The number of hydrogen-bond donors (Lipinski definition) is 0. The van der Waals surface area contributed by atoms with Crippen LogP contribution < -0.4 is 4.74 Å². The predicted molar refractivity (Wildman–Crippen MR) is 64.1 cm³/mol. The van der Waals surface area contributed by atoms with Gasteiger partial charge in [0.1, 0.15) is 0 Å². The van der Waals surface area contributed by atoms with Crippen molar-refractivity contribution in [1.29, 1.82) is 0 Å². The van der Waals surface area contributed by atoms with Crippen LogP contribution in [0.5, 0.6) is 5.75 Å². The van der Waals surface area contributed by atoms with Gasteiger partial charge in [0.2, 0.25) is 0 Å². The Kier molecular flexibility index (Phi) is 2.48. The maximum absolute atomic E-state index is 5.29. The van der Waals surface area contributed by atoms with Gasteiger partial charge in [-0.3, -0.25) is 4.90 Å². The Bertz CT molecular complexity index is 536. The topological polar surface area (TPSA) is 42.7 Å². The lowest BCUT2D eigenvalue weighted by Crippen LogP contribution is -2.18. The lowest BCUT2D eigenvalue weighted by Gasteiger charge is -2.15. The molecular formula is C12H16N4O. The number of aromatic nitrogens is 3. The molecule has 0 radical (unpaired) electrons. The summed E-state index contributed by atoms with van der Waals surface area (Å²) in [6.07, 6.45) is 4.26. The minimum atomic E-state index is 0.347. The average molecular weight is 232 g/mol. The van der Waals surface area contributed by atoms with Gasteiger partial charge in [-0.05, 0) is 38.6 Å². The van der Waals surface area contributed by atoms with Crippen molar-refractivity contribution < 1.29 is 4.74 Å². The zero-order chi connectivity index (χ0) is 11.8. The zero-order valence-corrected chi connectivity index (χ0v) is 10.1. The molecule has 3 rings (SSSR count). The number of ether oxygens (including phenoxy) is 1. The van der Waals surface area contributed by atoms with Crippen molar-refractivity contribution in [2.24, 2.45) is 0 Å². The molecule has 0 saturated carbocycles. The monoisotopic (exact) mass is 232 g/mol. The summed E-state index contributed by atoms with van der Waals surface area (Å²) >= 11 is 0. The van der Waals surface area contributed by atoms with Crippen molar-refractivity contribution in [3.63, 3.8) is 0 Å². The Hall–Kier alpha value is -1.62. The molecule has 5 heteroatoms. The van der Waals surface area contributed by atoms with Gasteiger partial charge in [0.25, 0.3) is 0 Å². The molecular weight excluding hydrogens is 216 g/mol. The fourth-order valence-corrected chi connectivity index (χ4v) is 2.44. The predicted octanol–water partition coefficient (Wildman–Crippen LogP) is 1.50. The fourth-order valence-electron chi connectivity index (χ4n) is 2.44. The van der Waals surface area contributed by atoms with Crippen LogP contribution in [0, 0.1) is 0 Å². The van der Waals surface area contributed by atoms with Crippen LogP contribution >= 0.6 is 0 Å². The lowest BCUT2D eigenvalue weighted by molar-refractivity contribution is 0.306. The van der Waals surface area contributed by atoms with E-state index in [-0.39, 0.29) is 0 Å². The van der Waals surface area contributed by atoms with E-state index in [4.69, 9.17) is 4.74 Å². The molecule has 17 heavy (non-hydrogen) atoms. The smallest absolute Gasteiger partial charge is 0.198 e. The summed E-state index contributed by atoms with van der Waals surface area (Å²) in [6.45, 7) is 1.12. The molecule has 0 N–H and O–H groups in total. The molecule has 0 bridgehead atoms. The van der Waals surface area contributed by atoms with Crippen LogP contribution in [0.4, 0.5) is 0 Å². The van der Waals surface area contributed by atoms with E-state index in [0.29, 0.717) is 6.04 Å². The minimum absolute atomic E-state index is 0.347. The number of nitrogens with zero attached hydrogens (tertiary/aromatic N) is 4. The highest BCUT2D eigenvalue weighted by Gasteiger charge is 2.26. The Labute approximate surface area is 100 Å². The first-order chi connectivity index (χ1) is 8.29. The van der Waals surface area contributed by atoms with E-state index in [2.05, 4.69) is 22.0 Å². The van der Waals surface area contributed by atoms with Crippen LogP contribution in [0.3, 0.4) is 0 Å². The normalized spacial score (nSPS) is 21.2. The quantitative estimate of drug-likeness (QED) is 0.787. The summed E-state index contributed by atoms with van der Waals surface area (Å²) in [5.41, 5.74) is 0.797. The van der Waals surface area contributed by atoms with E-state index in [9.17, 15) is 0 Å². The number of methoxy groups -OCH3 is 1. The molecule has 0 amide bonds. The summed E-state index contributed by atoms with van der Waals surface area (Å²) in [4.78, 5) is 6.91. The molecule has 1 unspecified atom stereocenters. The number of fused-ring (bicyclic) bond motifs is 1. The summed E-state index contributed by atoms with van der Waals surface area (Å²) in [5, 5.41) is 4.54. The SMILES string of the molecule is COc1cccn2nc(C3CCCN3C)nc12. The van der Waals surface area contributed by atoms with Crippen molar-refractivity contribution in [3.05, 3.63) is 24.2 Å². The summed E-state index contributed by atoms with van der Waals surface area (Å²) in [7, 11) is 3.78. The van der Waals surface area contributed by atoms with Gasteiger partial charge in [0.05, 0.1) is 13.2 Å². The van der Waals surface area contributed by atoms with Gasteiger partial charge in [-0.15, -0.1) is 5.10 Å². The molecule has 5 nitrogen and oxygen atoms in total. The molecule has 1 atom stereocenters. The molecule has 2 aromatic rings. The van der Waals surface area contributed by atoms with Crippen LogP contribution in [0.2, 0.25) is 0 Å². The highest BCUT2D eigenvalue weighted by Crippen LogP contribution is 2.29. The molecule has 2 aromatic heterocycles. The van der Waals surface area contributed by atoms with Gasteiger partial charge < -0.3 is 4.74 Å². The van der Waals surface area contributed by atoms with Gasteiger partial charge in [0.15, 0.2) is 17.2 Å². The molecule has 90 valence electrons. The van der Waals surface area contributed by atoms with Crippen LogP contribution in [0.25, 0.3) is 5.65 Å². The highest BCUT2D eigenvalue weighted by molar-refractivity contribution is 5.52. The van der Waals surface area contributed by atoms with E-state index in [1.165, 1.54) is 6.42 Å². The Morgan fingerprint density at radius 3 is 3.06 bits per heavy atom. The second-order valence-electron chi connectivity index (χ2n) is 4.45. The van der Waals surface area contributed by atoms with E-state index < -0.39 is 0 Å². The highest BCUT2D eigenvalue weighted by atomic mass is 16.5. The average Bonchev–Trinajstić information content (AvgIpc) is 2.93. The third kappa shape index (κ3) is 1.67. The largest absolute Gasteiger partial charge is 0.493 e. The summed E-state index contributed by atoms with van der Waals surface area (Å²) in [6, 6.07) is 4.18. The van der Waals surface area contributed by atoms with Gasteiger partial charge in [-0.2, -0.15) is 0 Å². The molecule has 0 spiro atoms. The summed E-state index contributed by atoms with van der Waals surface area (Å²) < 4.78 is 7.09. The molecule has 1 aliphatic heterocycles. The molecule has 1 aliphatic rings. The van der Waals surface area contributed by atoms with Crippen LogP contribution in [0.1, 0.15) is 24.7 Å². The van der Waals surface area contributed by atoms with E-state index >= 15 is 0 Å². The van der Waals surface area contributed by atoms with Crippen molar-refractivity contribution in [3.8, 4) is 5.75 Å². The first kappa shape index (κ1) is 10.5. The van der Waals surface area contributed by atoms with Crippen LogP contribution in [-0.2, 0) is 0 Å². The third-order valence-electron chi connectivity index (χ3n) is 3.38. The molecule has 1 saturated heterocycles. The lowest BCUT2D eigenvalue weighted by atomic mass is 10.2. The van der Waals surface area contributed by atoms with Crippen molar-refractivity contribution in [1.82, 2.24) is 19.5 Å². The summed E-state index contributed by atoms with van der Waals surface area (Å²) in [5.74, 6) is 1.67. The molecule has 0 aliphatic carbocycles. The fraction of sp³-hybridized carbons (Fsp3) is 0.500. The first-order valence-corrected chi connectivity index (χ1v) is 5.89. The van der Waals surface area contributed by atoms with Crippen molar-refractivity contribution in [2.45, 2.75) is 18.9 Å². The van der Waals surface area contributed by atoms with E-state index in [0.717, 1.165) is 30.2 Å².